The van der Waals surface area contributed by atoms with Crippen LogP contribution in [0.15, 0.2) is 47.4 Å². The number of nitrogens with one attached hydrogen (secondary N) is 1. The van der Waals surface area contributed by atoms with Gasteiger partial charge in [0.2, 0.25) is 15.9 Å². The molecule has 11 heteroatoms. The highest BCUT2D eigenvalue weighted by atomic mass is 35.5. The second-order valence-corrected chi connectivity index (χ2v) is 9.30. The number of amides is 1. The van der Waals surface area contributed by atoms with Gasteiger partial charge in [-0.3, -0.25) is 4.79 Å². The molecule has 1 aliphatic heterocycles. The molecule has 0 radical (unpaired) electrons. The van der Waals surface area contributed by atoms with E-state index in [1.165, 1.54) is 10.4 Å². The molecule has 0 aromatic heterocycles. The molecule has 168 valence electrons. The average molecular weight is 477 g/mol. The number of carbonyl (C=O) groups is 1. The second kappa shape index (κ2) is 9.88. The molecule has 2 aromatic rings. The van der Waals surface area contributed by atoms with Crippen LogP contribution in [0.5, 0.6) is 5.75 Å². The number of carbonyl (C=O) groups excluding carboxylic acids is 1. The van der Waals surface area contributed by atoms with E-state index >= 15 is 0 Å². The molecule has 0 saturated carbocycles. The van der Waals surface area contributed by atoms with Crippen LogP contribution >= 0.6 is 11.6 Å². The maximum atomic E-state index is 13.3. The fourth-order valence-corrected chi connectivity index (χ4v) is 5.07. The molecule has 31 heavy (non-hydrogen) atoms. The monoisotopic (exact) mass is 476 g/mol. The van der Waals surface area contributed by atoms with Crippen molar-refractivity contribution in [2.45, 2.75) is 30.9 Å². The summed E-state index contributed by atoms with van der Waals surface area (Å²) in [5, 5.41) is 2.40. The third kappa shape index (κ3) is 5.69. The van der Waals surface area contributed by atoms with Crippen LogP contribution in [-0.2, 0) is 21.4 Å². The first-order valence-corrected chi connectivity index (χ1v) is 11.3. The van der Waals surface area contributed by atoms with Crippen molar-refractivity contribution in [3.8, 4) is 5.75 Å². The minimum Gasteiger partial charge on any atom is -0.434 e. The van der Waals surface area contributed by atoms with E-state index in [1.54, 1.807) is 18.2 Å². The number of alkyl halides is 2. The molecule has 1 aliphatic rings. The summed E-state index contributed by atoms with van der Waals surface area (Å²) in [5.74, 6) is -1.45. The van der Waals surface area contributed by atoms with E-state index in [9.17, 15) is 26.4 Å². The molecule has 0 spiro atoms. The van der Waals surface area contributed by atoms with Crippen LogP contribution in [0, 0.1) is 11.7 Å². The first-order chi connectivity index (χ1) is 14.7. The maximum Gasteiger partial charge on any atom is 0.387 e. The zero-order valence-electron chi connectivity index (χ0n) is 16.2. The molecular weight excluding hydrogens is 457 g/mol. The van der Waals surface area contributed by atoms with Gasteiger partial charge in [0.05, 0.1) is 9.92 Å². The van der Waals surface area contributed by atoms with Crippen LogP contribution in [-0.4, -0.2) is 38.3 Å². The Morgan fingerprint density at radius 2 is 1.87 bits per heavy atom. The second-order valence-electron chi connectivity index (χ2n) is 6.96. The summed E-state index contributed by atoms with van der Waals surface area (Å²) < 4.78 is 69.5. The number of sulfonamides is 1. The predicted octanol–water partition coefficient (Wildman–Crippen LogP) is 3.80. The zero-order valence-corrected chi connectivity index (χ0v) is 17.8. The summed E-state index contributed by atoms with van der Waals surface area (Å²) in [6.45, 7) is -2.74. The number of benzene rings is 2. The third-order valence-corrected chi connectivity index (χ3v) is 7.18. The molecule has 0 bridgehead atoms. The number of piperidine rings is 1. The molecule has 0 atom stereocenters. The Labute approximate surface area is 183 Å². The lowest BCUT2D eigenvalue weighted by Gasteiger charge is -2.30. The number of para-hydroxylation sites is 1. The molecule has 1 heterocycles. The lowest BCUT2D eigenvalue weighted by atomic mass is 9.97. The fraction of sp³-hybridized carbons (Fsp3) is 0.350. The van der Waals surface area contributed by atoms with Crippen molar-refractivity contribution < 1.29 is 31.1 Å². The molecule has 6 nitrogen and oxygen atoms in total. The summed E-state index contributed by atoms with van der Waals surface area (Å²) in [4.78, 5) is 12.4. The number of hydrogen-bond donors (Lipinski definition) is 1. The Hall–Kier alpha value is -2.30. The van der Waals surface area contributed by atoms with Crippen molar-refractivity contribution in [1.82, 2.24) is 9.62 Å². The van der Waals surface area contributed by atoms with Gasteiger partial charge in [0.25, 0.3) is 0 Å². The van der Waals surface area contributed by atoms with Crippen LogP contribution < -0.4 is 10.1 Å². The Bertz CT molecular complexity index is 1040. The highest BCUT2D eigenvalue weighted by Gasteiger charge is 2.32. The lowest BCUT2D eigenvalue weighted by Crippen LogP contribution is -2.42. The van der Waals surface area contributed by atoms with Gasteiger partial charge in [-0.1, -0.05) is 29.8 Å². The first kappa shape index (κ1) is 23.4. The fourth-order valence-electron chi connectivity index (χ4n) is 3.33. The van der Waals surface area contributed by atoms with Crippen molar-refractivity contribution in [2.24, 2.45) is 5.92 Å². The summed E-state index contributed by atoms with van der Waals surface area (Å²) in [5.41, 5.74) is 0.407. The smallest absolute Gasteiger partial charge is 0.387 e. The molecule has 1 fully saturated rings. The van der Waals surface area contributed by atoms with Gasteiger partial charge < -0.3 is 10.1 Å². The molecule has 0 unspecified atom stereocenters. The summed E-state index contributed by atoms with van der Waals surface area (Å²) in [7, 11) is -3.86. The highest BCUT2D eigenvalue weighted by molar-refractivity contribution is 7.89. The van der Waals surface area contributed by atoms with Crippen LogP contribution in [0.2, 0.25) is 5.02 Å². The van der Waals surface area contributed by atoms with Gasteiger partial charge in [-0.05, 0) is 37.1 Å². The zero-order chi connectivity index (χ0) is 22.6. The predicted molar refractivity (Wildman–Crippen MR) is 108 cm³/mol. The van der Waals surface area contributed by atoms with Gasteiger partial charge in [0.1, 0.15) is 11.6 Å². The largest absolute Gasteiger partial charge is 0.434 e. The van der Waals surface area contributed by atoms with Crippen molar-refractivity contribution in [2.75, 3.05) is 13.1 Å². The summed E-state index contributed by atoms with van der Waals surface area (Å²) >= 11 is 5.69. The van der Waals surface area contributed by atoms with Gasteiger partial charge in [-0.25, -0.2) is 12.8 Å². The molecule has 3 rings (SSSR count). The van der Waals surface area contributed by atoms with Crippen LogP contribution in [0.1, 0.15) is 18.4 Å². The van der Waals surface area contributed by atoms with Crippen molar-refractivity contribution in [1.29, 1.82) is 0 Å². The average Bonchev–Trinajstić information content (AvgIpc) is 2.74. The van der Waals surface area contributed by atoms with Crippen molar-refractivity contribution in [3.05, 3.63) is 58.9 Å². The van der Waals surface area contributed by atoms with Crippen LogP contribution in [0.4, 0.5) is 13.2 Å². The van der Waals surface area contributed by atoms with E-state index in [1.807, 2.05) is 0 Å². The Morgan fingerprint density at radius 3 is 2.52 bits per heavy atom. The van der Waals surface area contributed by atoms with Gasteiger partial charge in [-0.15, -0.1) is 0 Å². The number of nitrogens with zero attached hydrogens (tertiary/aromatic N) is 1. The molecule has 0 aliphatic carbocycles. The van der Waals surface area contributed by atoms with E-state index in [-0.39, 0.29) is 54.1 Å². The maximum absolute atomic E-state index is 13.3. The van der Waals surface area contributed by atoms with E-state index in [0.29, 0.717) is 5.56 Å². The molecule has 1 saturated heterocycles. The normalized spacial score (nSPS) is 15.8. The van der Waals surface area contributed by atoms with E-state index in [0.717, 1.165) is 18.2 Å². The topological polar surface area (TPSA) is 75.7 Å². The minimum atomic E-state index is -3.86. The standard InChI is InChI=1S/C20H20ClF3N2O4S/c21-16-11-15(5-6-17(16)22)31(28,29)26-9-7-13(8-10-26)19(27)25-12-14-3-1-2-4-18(14)30-20(23)24/h1-6,11,13,20H,7-10,12H2,(H,25,27). The summed E-state index contributed by atoms with van der Waals surface area (Å²) in [6, 6.07) is 9.35. The number of rotatable bonds is 7. The minimum absolute atomic E-state index is 0.00825. The van der Waals surface area contributed by atoms with Crippen LogP contribution in [0.25, 0.3) is 0 Å². The number of ether oxygens (including phenoxy) is 1. The van der Waals surface area contributed by atoms with Gasteiger partial charge in [0, 0.05) is 31.1 Å². The third-order valence-electron chi connectivity index (χ3n) is 5.00. The van der Waals surface area contributed by atoms with Crippen molar-refractivity contribution >= 4 is 27.5 Å². The SMILES string of the molecule is O=C(NCc1ccccc1OC(F)F)C1CCN(S(=O)(=O)c2ccc(F)c(Cl)c2)CC1. The molecule has 1 N–H and O–H groups in total. The molecular formula is C20H20ClF3N2O4S. The van der Waals surface area contributed by atoms with Crippen LogP contribution in [0.3, 0.4) is 0 Å². The lowest BCUT2D eigenvalue weighted by molar-refractivity contribution is -0.126. The Morgan fingerprint density at radius 1 is 1.19 bits per heavy atom. The molecule has 2 aromatic carbocycles. The van der Waals surface area contributed by atoms with Gasteiger partial charge >= 0.3 is 6.61 Å². The quantitative estimate of drug-likeness (QED) is 0.659. The Kier molecular flexibility index (Phi) is 7.45. The first-order valence-electron chi connectivity index (χ1n) is 9.44. The van der Waals surface area contributed by atoms with Gasteiger partial charge in [-0.2, -0.15) is 13.1 Å². The van der Waals surface area contributed by atoms with E-state index in [4.69, 9.17) is 11.6 Å². The number of hydrogen-bond acceptors (Lipinski definition) is 4. The highest BCUT2D eigenvalue weighted by Crippen LogP contribution is 2.27. The Balaban J connectivity index is 1.57. The summed E-state index contributed by atoms with van der Waals surface area (Å²) in [6.07, 6.45) is 0.574. The molecule has 1 amide bonds. The van der Waals surface area contributed by atoms with E-state index in [2.05, 4.69) is 10.1 Å². The van der Waals surface area contributed by atoms with E-state index < -0.39 is 28.4 Å². The van der Waals surface area contributed by atoms with Gasteiger partial charge in [0.15, 0.2) is 0 Å². The number of halogens is 4. The van der Waals surface area contributed by atoms with Crippen molar-refractivity contribution in [3.63, 3.8) is 0 Å².